The van der Waals surface area contributed by atoms with E-state index in [9.17, 15) is 0 Å². The molecule has 82 valence electrons. The minimum absolute atomic E-state index is 0.837. The number of aryl methyl sites for hydroxylation is 1. The molecule has 0 radical (unpaired) electrons. The second-order valence-corrected chi connectivity index (χ2v) is 4.33. The van der Waals surface area contributed by atoms with Gasteiger partial charge in [-0.25, -0.2) is 0 Å². The minimum Gasteiger partial charge on any atom is -0.379 e. The lowest BCUT2D eigenvalue weighted by atomic mass is 10.1. The number of benzene rings is 1. The highest BCUT2D eigenvalue weighted by Crippen LogP contribution is 2.21. The third kappa shape index (κ3) is 2.71. The summed E-state index contributed by atoms with van der Waals surface area (Å²) in [5.41, 5.74) is 2.52. The summed E-state index contributed by atoms with van der Waals surface area (Å²) >= 11 is 6.19. The van der Waals surface area contributed by atoms with Crippen LogP contribution in [0.5, 0.6) is 0 Å². The van der Waals surface area contributed by atoms with Gasteiger partial charge in [0, 0.05) is 24.7 Å². The molecule has 0 saturated carbocycles. The molecule has 0 amide bonds. The van der Waals surface area contributed by atoms with E-state index in [1.165, 1.54) is 11.1 Å². The lowest BCUT2D eigenvalue weighted by Gasteiger charge is -2.27. The number of rotatable bonds is 2. The first-order valence-electron chi connectivity index (χ1n) is 5.31. The monoisotopic (exact) mass is 225 g/mol. The van der Waals surface area contributed by atoms with Crippen molar-refractivity contribution in [2.24, 2.45) is 0 Å². The summed E-state index contributed by atoms with van der Waals surface area (Å²) in [6.07, 6.45) is 0. The van der Waals surface area contributed by atoms with Crippen molar-refractivity contribution in [3.63, 3.8) is 0 Å². The smallest absolute Gasteiger partial charge is 0.0594 e. The maximum atomic E-state index is 6.19. The Morgan fingerprint density at radius 1 is 1.33 bits per heavy atom. The largest absolute Gasteiger partial charge is 0.379 e. The molecular formula is C12H16ClNO. The van der Waals surface area contributed by atoms with Crippen LogP contribution in [-0.2, 0) is 11.3 Å². The summed E-state index contributed by atoms with van der Waals surface area (Å²) in [6.45, 7) is 6.73. The molecule has 0 aliphatic carbocycles. The third-order valence-corrected chi connectivity index (χ3v) is 3.19. The highest BCUT2D eigenvalue weighted by atomic mass is 35.5. The highest BCUT2D eigenvalue weighted by molar-refractivity contribution is 6.31. The Morgan fingerprint density at radius 3 is 2.73 bits per heavy atom. The predicted molar refractivity (Wildman–Crippen MR) is 62.3 cm³/mol. The fourth-order valence-electron chi connectivity index (χ4n) is 1.85. The number of hydrogen-bond donors (Lipinski definition) is 0. The molecule has 3 heteroatoms. The van der Waals surface area contributed by atoms with Crippen LogP contribution in [0.2, 0.25) is 5.02 Å². The van der Waals surface area contributed by atoms with Crippen LogP contribution >= 0.6 is 11.6 Å². The summed E-state index contributed by atoms with van der Waals surface area (Å²) in [5.74, 6) is 0. The van der Waals surface area contributed by atoms with E-state index >= 15 is 0 Å². The van der Waals surface area contributed by atoms with E-state index in [2.05, 4.69) is 17.9 Å². The van der Waals surface area contributed by atoms with Gasteiger partial charge in [-0.3, -0.25) is 4.90 Å². The topological polar surface area (TPSA) is 12.5 Å². The Bertz CT molecular complexity index is 314. The van der Waals surface area contributed by atoms with E-state index in [0.29, 0.717) is 0 Å². The Hall–Kier alpha value is -0.570. The van der Waals surface area contributed by atoms with Crippen molar-refractivity contribution in [2.45, 2.75) is 13.5 Å². The zero-order valence-electron chi connectivity index (χ0n) is 9.00. The Morgan fingerprint density at radius 2 is 2.07 bits per heavy atom. The predicted octanol–water partition coefficient (Wildman–Crippen LogP) is 2.48. The molecule has 1 aromatic rings. The number of nitrogens with zero attached hydrogens (tertiary/aromatic N) is 1. The first-order chi connectivity index (χ1) is 7.27. The van der Waals surface area contributed by atoms with Gasteiger partial charge in [0.2, 0.25) is 0 Å². The molecule has 0 N–H and O–H groups in total. The quantitative estimate of drug-likeness (QED) is 0.767. The zero-order valence-corrected chi connectivity index (χ0v) is 9.76. The molecule has 0 unspecified atom stereocenters. The van der Waals surface area contributed by atoms with E-state index in [0.717, 1.165) is 37.9 Å². The lowest BCUT2D eigenvalue weighted by molar-refractivity contribution is 0.0341. The van der Waals surface area contributed by atoms with Gasteiger partial charge in [0.1, 0.15) is 0 Å². The third-order valence-electron chi connectivity index (χ3n) is 2.84. The molecule has 1 saturated heterocycles. The van der Waals surface area contributed by atoms with Crippen LogP contribution in [0.25, 0.3) is 0 Å². The van der Waals surface area contributed by atoms with Crippen molar-refractivity contribution in [3.8, 4) is 0 Å². The first-order valence-corrected chi connectivity index (χ1v) is 5.69. The van der Waals surface area contributed by atoms with Crippen molar-refractivity contribution in [1.29, 1.82) is 0 Å². The molecule has 0 aromatic heterocycles. The van der Waals surface area contributed by atoms with Crippen LogP contribution in [0.4, 0.5) is 0 Å². The molecule has 0 bridgehead atoms. The van der Waals surface area contributed by atoms with Crippen LogP contribution in [-0.4, -0.2) is 31.2 Å². The second-order valence-electron chi connectivity index (χ2n) is 3.92. The van der Waals surface area contributed by atoms with Crippen LogP contribution in [0.3, 0.4) is 0 Å². The van der Waals surface area contributed by atoms with Crippen molar-refractivity contribution < 1.29 is 4.74 Å². The summed E-state index contributed by atoms with van der Waals surface area (Å²) in [5, 5.41) is 0.876. The van der Waals surface area contributed by atoms with Gasteiger partial charge in [0.05, 0.1) is 13.2 Å². The fourth-order valence-corrected chi connectivity index (χ4v) is 2.13. The Kier molecular flexibility index (Phi) is 3.62. The van der Waals surface area contributed by atoms with Crippen LogP contribution in [0.1, 0.15) is 11.1 Å². The van der Waals surface area contributed by atoms with E-state index in [1.54, 1.807) is 0 Å². The molecule has 2 rings (SSSR count). The Labute approximate surface area is 95.8 Å². The van der Waals surface area contributed by atoms with Crippen molar-refractivity contribution in [2.75, 3.05) is 26.3 Å². The average molecular weight is 226 g/mol. The van der Waals surface area contributed by atoms with Crippen molar-refractivity contribution in [1.82, 2.24) is 4.90 Å². The van der Waals surface area contributed by atoms with Crippen LogP contribution in [0.15, 0.2) is 18.2 Å². The molecular weight excluding hydrogens is 210 g/mol. The van der Waals surface area contributed by atoms with Gasteiger partial charge in [0.25, 0.3) is 0 Å². The summed E-state index contributed by atoms with van der Waals surface area (Å²) < 4.78 is 5.32. The van der Waals surface area contributed by atoms with E-state index < -0.39 is 0 Å². The van der Waals surface area contributed by atoms with Crippen molar-refractivity contribution in [3.05, 3.63) is 34.3 Å². The molecule has 1 aromatic carbocycles. The zero-order chi connectivity index (χ0) is 10.7. The van der Waals surface area contributed by atoms with Gasteiger partial charge in [-0.05, 0) is 24.1 Å². The standard InChI is InChI=1S/C12H16ClNO/c1-10-3-2-4-12(13)11(10)9-14-5-7-15-8-6-14/h2-4H,5-9H2,1H3. The summed E-state index contributed by atoms with van der Waals surface area (Å²) in [7, 11) is 0. The SMILES string of the molecule is Cc1cccc(Cl)c1CN1CCOCC1. The van der Waals surface area contributed by atoms with Gasteiger partial charge in [-0.2, -0.15) is 0 Å². The number of ether oxygens (including phenoxy) is 1. The maximum Gasteiger partial charge on any atom is 0.0594 e. The van der Waals surface area contributed by atoms with Gasteiger partial charge in [-0.1, -0.05) is 23.7 Å². The van der Waals surface area contributed by atoms with E-state index in [-0.39, 0.29) is 0 Å². The number of hydrogen-bond acceptors (Lipinski definition) is 2. The summed E-state index contributed by atoms with van der Waals surface area (Å²) in [4.78, 5) is 2.39. The molecule has 1 fully saturated rings. The van der Waals surface area contributed by atoms with E-state index in [1.807, 2.05) is 12.1 Å². The van der Waals surface area contributed by atoms with Crippen LogP contribution in [0, 0.1) is 6.92 Å². The second kappa shape index (κ2) is 4.97. The number of halogens is 1. The van der Waals surface area contributed by atoms with Gasteiger partial charge in [0.15, 0.2) is 0 Å². The molecule has 15 heavy (non-hydrogen) atoms. The lowest BCUT2D eigenvalue weighted by Crippen LogP contribution is -2.35. The molecule has 1 aliphatic rings. The average Bonchev–Trinajstić information content (AvgIpc) is 2.25. The highest BCUT2D eigenvalue weighted by Gasteiger charge is 2.13. The van der Waals surface area contributed by atoms with Crippen molar-refractivity contribution >= 4 is 11.6 Å². The maximum absolute atomic E-state index is 6.19. The molecule has 1 aliphatic heterocycles. The first kappa shape index (κ1) is 10.9. The minimum atomic E-state index is 0.837. The molecule has 2 nitrogen and oxygen atoms in total. The van der Waals surface area contributed by atoms with Gasteiger partial charge >= 0.3 is 0 Å². The van der Waals surface area contributed by atoms with Crippen LogP contribution < -0.4 is 0 Å². The molecule has 0 spiro atoms. The normalized spacial score (nSPS) is 18.0. The fraction of sp³-hybridized carbons (Fsp3) is 0.500. The molecule has 0 atom stereocenters. The van der Waals surface area contributed by atoms with Gasteiger partial charge < -0.3 is 4.74 Å². The van der Waals surface area contributed by atoms with E-state index in [4.69, 9.17) is 16.3 Å². The number of morpholine rings is 1. The van der Waals surface area contributed by atoms with Gasteiger partial charge in [-0.15, -0.1) is 0 Å². The summed E-state index contributed by atoms with van der Waals surface area (Å²) in [6, 6.07) is 6.08. The molecule has 1 heterocycles. The Balaban J connectivity index is 2.09.